The predicted octanol–water partition coefficient (Wildman–Crippen LogP) is 3.36. The summed E-state index contributed by atoms with van der Waals surface area (Å²) in [5.41, 5.74) is -0.646. The van der Waals surface area contributed by atoms with Gasteiger partial charge in [-0.25, -0.2) is 4.79 Å². The van der Waals surface area contributed by atoms with Crippen molar-refractivity contribution in [3.05, 3.63) is 28.2 Å². The molecule has 0 aromatic heterocycles. The van der Waals surface area contributed by atoms with Gasteiger partial charge in [-0.15, -0.1) is 0 Å². The summed E-state index contributed by atoms with van der Waals surface area (Å²) < 4.78 is 6.07. The number of halogens is 1. The van der Waals surface area contributed by atoms with Gasteiger partial charge in [0.1, 0.15) is 11.6 Å². The number of carbonyl (C=O) groups excluding carboxylic acids is 2. The van der Waals surface area contributed by atoms with Crippen LogP contribution < -0.4 is 10.6 Å². The van der Waals surface area contributed by atoms with Crippen LogP contribution in [0.5, 0.6) is 0 Å². The largest absolute Gasteiger partial charge is 0.444 e. The molecule has 0 unspecified atom stereocenters. The van der Waals surface area contributed by atoms with Crippen molar-refractivity contribution in [1.82, 2.24) is 5.32 Å². The molecule has 1 aromatic rings. The van der Waals surface area contributed by atoms with Crippen molar-refractivity contribution < 1.29 is 19.4 Å². The second-order valence-corrected chi connectivity index (χ2v) is 8.04. The first kappa shape index (κ1) is 20.4. The molecule has 0 aliphatic heterocycles. The zero-order valence-electron chi connectivity index (χ0n) is 14.9. The minimum atomic E-state index is -1.47. The van der Waals surface area contributed by atoms with Gasteiger partial charge in [-0.1, -0.05) is 15.9 Å². The van der Waals surface area contributed by atoms with E-state index in [1.54, 1.807) is 32.9 Å². The fourth-order valence-electron chi connectivity index (χ4n) is 1.93. The van der Waals surface area contributed by atoms with E-state index < -0.39 is 29.2 Å². The van der Waals surface area contributed by atoms with Crippen LogP contribution in [0.2, 0.25) is 0 Å². The Morgan fingerprint density at radius 1 is 1.21 bits per heavy atom. The van der Waals surface area contributed by atoms with Crippen LogP contribution in [-0.4, -0.2) is 34.4 Å². The molecule has 0 radical (unpaired) electrons. The molecule has 1 rings (SSSR count). The van der Waals surface area contributed by atoms with Crippen LogP contribution in [0.1, 0.15) is 40.2 Å². The number of carbonyl (C=O) groups is 2. The topological polar surface area (TPSA) is 87.7 Å². The fraction of sp³-hybridized carbons (Fsp3) is 0.529. The third-order valence-corrected chi connectivity index (χ3v) is 3.94. The maximum absolute atomic E-state index is 12.5. The molecule has 24 heavy (non-hydrogen) atoms. The van der Waals surface area contributed by atoms with Crippen molar-refractivity contribution in [2.45, 2.75) is 58.8 Å². The average molecular weight is 401 g/mol. The number of benzene rings is 1. The van der Waals surface area contributed by atoms with E-state index in [1.165, 1.54) is 13.8 Å². The Bertz CT molecular complexity index is 618. The number of aliphatic hydroxyl groups is 1. The number of hydrogen-bond donors (Lipinski definition) is 3. The van der Waals surface area contributed by atoms with E-state index in [-0.39, 0.29) is 0 Å². The van der Waals surface area contributed by atoms with Gasteiger partial charge >= 0.3 is 6.09 Å². The Morgan fingerprint density at radius 3 is 2.25 bits per heavy atom. The molecule has 0 bridgehead atoms. The average Bonchev–Trinajstić information content (AvgIpc) is 2.37. The minimum Gasteiger partial charge on any atom is -0.444 e. The lowest BCUT2D eigenvalue weighted by Crippen LogP contribution is -2.56. The Kier molecular flexibility index (Phi) is 6.41. The van der Waals surface area contributed by atoms with Crippen LogP contribution in [0.3, 0.4) is 0 Å². The van der Waals surface area contributed by atoms with Crippen LogP contribution >= 0.6 is 15.9 Å². The van der Waals surface area contributed by atoms with Crippen molar-refractivity contribution in [3.8, 4) is 0 Å². The van der Waals surface area contributed by atoms with Gasteiger partial charge in [-0.05, 0) is 65.3 Å². The van der Waals surface area contributed by atoms with E-state index in [0.29, 0.717) is 5.69 Å². The van der Waals surface area contributed by atoms with Gasteiger partial charge in [0.15, 0.2) is 0 Å². The Hall–Kier alpha value is -1.60. The van der Waals surface area contributed by atoms with Gasteiger partial charge in [0.05, 0.1) is 5.60 Å². The summed E-state index contributed by atoms with van der Waals surface area (Å²) in [5.74, 6) is -0.532. The van der Waals surface area contributed by atoms with Crippen LogP contribution in [-0.2, 0) is 9.53 Å². The highest BCUT2D eigenvalue weighted by Crippen LogP contribution is 2.21. The smallest absolute Gasteiger partial charge is 0.408 e. The molecular weight excluding hydrogens is 376 g/mol. The van der Waals surface area contributed by atoms with Crippen LogP contribution in [0.25, 0.3) is 0 Å². The van der Waals surface area contributed by atoms with Crippen LogP contribution in [0, 0.1) is 6.92 Å². The van der Waals surface area contributed by atoms with Gasteiger partial charge in [-0.2, -0.15) is 0 Å². The van der Waals surface area contributed by atoms with Crippen LogP contribution in [0.15, 0.2) is 22.7 Å². The van der Waals surface area contributed by atoms with E-state index in [9.17, 15) is 14.7 Å². The third kappa shape index (κ3) is 6.49. The lowest BCUT2D eigenvalue weighted by Gasteiger charge is -2.30. The van der Waals surface area contributed by atoms with E-state index in [0.717, 1.165) is 10.0 Å². The molecule has 0 saturated heterocycles. The number of nitrogens with one attached hydrogen (secondary N) is 2. The summed E-state index contributed by atoms with van der Waals surface area (Å²) in [6.45, 7) is 9.94. The first-order valence-corrected chi connectivity index (χ1v) is 8.38. The summed E-state index contributed by atoms with van der Waals surface area (Å²) >= 11 is 3.39. The number of aryl methyl sites for hydroxylation is 1. The lowest BCUT2D eigenvalue weighted by atomic mass is 9.98. The second-order valence-electron chi connectivity index (χ2n) is 7.19. The maximum atomic E-state index is 12.5. The first-order valence-electron chi connectivity index (χ1n) is 7.58. The van der Waals surface area contributed by atoms with E-state index >= 15 is 0 Å². The highest BCUT2D eigenvalue weighted by molar-refractivity contribution is 9.10. The van der Waals surface area contributed by atoms with E-state index in [1.807, 2.05) is 13.0 Å². The molecule has 0 aliphatic carbocycles. The van der Waals surface area contributed by atoms with Gasteiger partial charge in [0.2, 0.25) is 5.91 Å². The van der Waals surface area contributed by atoms with E-state index in [4.69, 9.17) is 4.74 Å². The molecule has 3 N–H and O–H groups in total. The molecule has 0 fully saturated rings. The molecule has 0 spiro atoms. The summed E-state index contributed by atoms with van der Waals surface area (Å²) in [4.78, 5) is 24.4. The van der Waals surface area contributed by atoms with Crippen molar-refractivity contribution in [3.63, 3.8) is 0 Å². The minimum absolute atomic E-state index is 0.532. The molecule has 2 amide bonds. The first-order chi connectivity index (χ1) is 10.8. The summed E-state index contributed by atoms with van der Waals surface area (Å²) in [6, 6.07) is 4.16. The molecule has 7 heteroatoms. The number of rotatable bonds is 4. The normalized spacial score (nSPS) is 13.2. The Labute approximate surface area is 151 Å². The van der Waals surface area contributed by atoms with E-state index in [2.05, 4.69) is 26.6 Å². The monoisotopic (exact) mass is 400 g/mol. The Balaban J connectivity index is 2.89. The molecule has 1 aromatic carbocycles. The van der Waals surface area contributed by atoms with Crippen molar-refractivity contribution in [2.75, 3.05) is 5.32 Å². The third-order valence-electron chi connectivity index (χ3n) is 3.06. The molecule has 0 aliphatic rings. The Morgan fingerprint density at radius 2 is 1.79 bits per heavy atom. The van der Waals surface area contributed by atoms with Crippen molar-refractivity contribution in [2.24, 2.45) is 0 Å². The van der Waals surface area contributed by atoms with Gasteiger partial charge in [0.25, 0.3) is 0 Å². The lowest BCUT2D eigenvalue weighted by molar-refractivity contribution is -0.123. The SMILES string of the molecule is Cc1cc(NC(=O)[C@H](NC(=O)OC(C)(C)C)C(C)(C)O)ccc1Br. The predicted molar refractivity (Wildman–Crippen MR) is 97.0 cm³/mol. The summed E-state index contributed by atoms with van der Waals surface area (Å²) in [6.07, 6.45) is -0.767. The zero-order valence-corrected chi connectivity index (χ0v) is 16.4. The van der Waals surface area contributed by atoms with Crippen molar-refractivity contribution in [1.29, 1.82) is 0 Å². The molecule has 134 valence electrons. The molecule has 0 saturated carbocycles. The van der Waals surface area contributed by atoms with Gasteiger partial charge in [-0.3, -0.25) is 4.79 Å². The van der Waals surface area contributed by atoms with Crippen molar-refractivity contribution >= 4 is 33.6 Å². The second kappa shape index (κ2) is 7.53. The fourth-order valence-corrected chi connectivity index (χ4v) is 2.17. The van der Waals surface area contributed by atoms with Crippen LogP contribution in [0.4, 0.5) is 10.5 Å². The number of hydrogen-bond acceptors (Lipinski definition) is 4. The maximum Gasteiger partial charge on any atom is 0.408 e. The molecule has 0 heterocycles. The molecule has 1 atom stereocenters. The standard InChI is InChI=1S/C17H25BrN2O4/c1-10-9-11(7-8-12(10)18)19-14(21)13(17(5,6)23)20-15(22)24-16(2,3)4/h7-9,13,23H,1-6H3,(H,19,21)(H,20,22)/t13-/m0/s1. The summed E-state index contributed by atoms with van der Waals surface area (Å²) in [7, 11) is 0. The highest BCUT2D eigenvalue weighted by Gasteiger charge is 2.36. The summed E-state index contributed by atoms with van der Waals surface area (Å²) in [5, 5.41) is 15.4. The number of amides is 2. The van der Waals surface area contributed by atoms with Gasteiger partial charge in [0, 0.05) is 10.2 Å². The quantitative estimate of drug-likeness (QED) is 0.722. The zero-order chi connectivity index (χ0) is 18.7. The highest BCUT2D eigenvalue weighted by atomic mass is 79.9. The number of alkyl carbamates (subject to hydrolysis) is 1. The van der Waals surface area contributed by atoms with Gasteiger partial charge < -0.3 is 20.5 Å². The number of anilines is 1. The molecule has 6 nitrogen and oxygen atoms in total. The molecular formula is C17H25BrN2O4. The number of ether oxygens (including phenoxy) is 1.